The molecule has 0 aromatic carbocycles. The summed E-state index contributed by atoms with van der Waals surface area (Å²) in [7, 11) is 1.77. The second-order valence-corrected chi connectivity index (χ2v) is 3.55. The van der Waals surface area contributed by atoms with Gasteiger partial charge in [-0.3, -0.25) is 4.79 Å². The Morgan fingerprint density at radius 1 is 1.38 bits per heavy atom. The molecule has 1 heterocycles. The largest absolute Gasteiger partial charge is 0.315 e. The van der Waals surface area contributed by atoms with Gasteiger partial charge in [-0.1, -0.05) is 39.5 Å². The summed E-state index contributed by atoms with van der Waals surface area (Å²) in [6, 6.07) is 0. The van der Waals surface area contributed by atoms with E-state index in [2.05, 4.69) is 27.0 Å². The molecule has 1 fully saturated rings. The van der Waals surface area contributed by atoms with Crippen LogP contribution in [0.5, 0.6) is 0 Å². The van der Waals surface area contributed by atoms with Gasteiger partial charge in [-0.05, 0) is 18.1 Å². The molecule has 3 heteroatoms. The van der Waals surface area contributed by atoms with Crippen molar-refractivity contribution >= 4 is 5.91 Å². The third-order valence-corrected chi connectivity index (χ3v) is 2.01. The van der Waals surface area contributed by atoms with Crippen LogP contribution < -0.4 is 0 Å². The Morgan fingerprint density at radius 3 is 2.31 bits per heavy atom. The van der Waals surface area contributed by atoms with E-state index in [1.165, 1.54) is 6.42 Å². The first-order valence-electron chi connectivity index (χ1n) is 5.35. The Bertz CT molecular complexity index is 282. The van der Waals surface area contributed by atoms with Gasteiger partial charge in [0.1, 0.15) is 0 Å². The first-order valence-corrected chi connectivity index (χ1v) is 5.35. The van der Waals surface area contributed by atoms with E-state index in [9.17, 15) is 4.79 Å². The van der Waals surface area contributed by atoms with Crippen molar-refractivity contribution in [3.05, 3.63) is 36.6 Å². The van der Waals surface area contributed by atoms with Gasteiger partial charge in [0.05, 0.1) is 0 Å². The van der Waals surface area contributed by atoms with E-state index >= 15 is 0 Å². The van der Waals surface area contributed by atoms with Crippen LogP contribution in [0.4, 0.5) is 0 Å². The molecule has 0 unspecified atom stereocenters. The van der Waals surface area contributed by atoms with Gasteiger partial charge in [0, 0.05) is 37.7 Å². The maximum Gasteiger partial charge on any atom is 0.227 e. The number of likely N-dealkylation sites (tertiary alicyclic amines) is 1. The molecule has 0 aromatic rings. The summed E-state index contributed by atoms with van der Waals surface area (Å²) in [6.45, 7) is 11.7. The monoisotopic (exact) mass is 258 g/mol. The van der Waals surface area contributed by atoms with Crippen LogP contribution in [-0.4, -0.2) is 17.9 Å². The average Bonchev–Trinajstić information content (AvgIpc) is 2.20. The van der Waals surface area contributed by atoms with Gasteiger partial charge < -0.3 is 4.90 Å². The van der Waals surface area contributed by atoms with Gasteiger partial charge in [-0.2, -0.15) is 0 Å². The Labute approximate surface area is 111 Å². The van der Waals surface area contributed by atoms with Gasteiger partial charge in [0.15, 0.2) is 0 Å². The predicted octanol–water partition coefficient (Wildman–Crippen LogP) is 3.28. The molecule has 0 aliphatic carbocycles. The van der Waals surface area contributed by atoms with Crippen molar-refractivity contribution in [1.29, 1.82) is 0 Å². The van der Waals surface area contributed by atoms with Crippen molar-refractivity contribution < 1.29 is 23.4 Å². The molecule has 1 amide bonds. The number of carbonyl (C=O) groups excluding carboxylic acids is 1. The smallest absolute Gasteiger partial charge is 0.227 e. The number of carbonyl (C=O) groups is 1. The van der Waals surface area contributed by atoms with Gasteiger partial charge in [0.25, 0.3) is 0 Å². The van der Waals surface area contributed by atoms with E-state index in [1.807, 2.05) is 6.08 Å². The van der Waals surface area contributed by atoms with Crippen LogP contribution in [0, 0.1) is 0 Å². The van der Waals surface area contributed by atoms with E-state index in [0.29, 0.717) is 6.42 Å². The molecule has 16 heavy (non-hydrogen) atoms. The number of likely N-dealkylation sites (N-methyl/N-ethyl adjacent to an activating group) is 1. The fourth-order valence-corrected chi connectivity index (χ4v) is 1.27. The molecule has 1 aliphatic heterocycles. The molecule has 0 saturated carbocycles. The first kappa shape index (κ1) is 17.7. The summed E-state index contributed by atoms with van der Waals surface area (Å²) in [5.41, 5.74) is 1.90. The van der Waals surface area contributed by atoms with Crippen molar-refractivity contribution in [2.75, 3.05) is 7.05 Å². The Kier molecular flexibility index (Phi) is 10.5. The fourth-order valence-electron chi connectivity index (χ4n) is 1.27. The minimum Gasteiger partial charge on any atom is -0.315 e. The number of hydrogen-bond acceptors (Lipinski definition) is 1. The van der Waals surface area contributed by atoms with Crippen LogP contribution in [0.2, 0.25) is 0 Å². The van der Waals surface area contributed by atoms with Crippen LogP contribution in [0.15, 0.2) is 36.6 Å². The number of hydrogen-bond donors (Lipinski definition) is 0. The van der Waals surface area contributed by atoms with Crippen molar-refractivity contribution in [2.24, 2.45) is 0 Å². The van der Waals surface area contributed by atoms with E-state index in [-0.39, 0.29) is 24.5 Å². The minimum absolute atomic E-state index is 0. The molecule has 1 radical (unpaired) electrons. The second-order valence-electron chi connectivity index (χ2n) is 3.55. The fraction of sp³-hybridized carbons (Fsp3) is 0.462. The van der Waals surface area contributed by atoms with Crippen molar-refractivity contribution in [1.82, 2.24) is 4.90 Å². The molecule has 1 saturated heterocycles. The average molecular weight is 258 g/mol. The maximum absolute atomic E-state index is 11.2. The molecule has 1 aliphatic rings. The molecule has 0 spiro atoms. The second kappa shape index (κ2) is 9.50. The van der Waals surface area contributed by atoms with E-state index < -0.39 is 0 Å². The quantitative estimate of drug-likeness (QED) is 0.706. The normalized spacial score (nSPS) is 17.4. The molecule has 0 aromatic heterocycles. The van der Waals surface area contributed by atoms with Crippen molar-refractivity contribution in [3.63, 3.8) is 0 Å². The maximum atomic E-state index is 11.2. The number of piperidine rings is 1. The zero-order chi connectivity index (χ0) is 11.8. The summed E-state index contributed by atoms with van der Waals surface area (Å²) < 4.78 is 0. The Balaban J connectivity index is 0. The number of amides is 1. The van der Waals surface area contributed by atoms with E-state index in [1.54, 1.807) is 18.0 Å². The molecule has 1 rings (SSSR count). The van der Waals surface area contributed by atoms with Crippen molar-refractivity contribution in [2.45, 2.75) is 33.1 Å². The third kappa shape index (κ3) is 5.38. The van der Waals surface area contributed by atoms with Gasteiger partial charge in [0.2, 0.25) is 5.91 Å². The Hall–Kier alpha value is -0.726. The minimum atomic E-state index is 0. The van der Waals surface area contributed by atoms with Gasteiger partial charge in [-0.25, -0.2) is 0 Å². The van der Waals surface area contributed by atoms with Gasteiger partial charge >= 0.3 is 0 Å². The van der Waals surface area contributed by atoms with Crippen LogP contribution in [-0.2, 0) is 23.4 Å². The molecular formula is C13H21NOV. The summed E-state index contributed by atoms with van der Waals surface area (Å²) in [5, 5.41) is 0. The molecule has 89 valence electrons. The van der Waals surface area contributed by atoms with E-state index in [4.69, 9.17) is 0 Å². The summed E-state index contributed by atoms with van der Waals surface area (Å²) in [6.07, 6.45) is 6.08. The summed E-state index contributed by atoms with van der Waals surface area (Å²) in [4.78, 5) is 12.9. The summed E-state index contributed by atoms with van der Waals surface area (Å²) >= 11 is 0. The summed E-state index contributed by atoms with van der Waals surface area (Å²) in [5.74, 6) is 0.149. The molecule has 0 atom stereocenters. The first-order chi connectivity index (χ1) is 7.08. The number of nitrogens with zero attached hydrogens (tertiary/aromatic N) is 1. The topological polar surface area (TPSA) is 20.3 Å². The molecule has 0 N–H and O–H groups in total. The molecule has 0 bridgehead atoms. The third-order valence-electron chi connectivity index (χ3n) is 2.01. The number of allylic oxidation sites excluding steroid dienone is 3. The van der Waals surface area contributed by atoms with Crippen LogP contribution in [0.1, 0.15) is 33.1 Å². The standard InChI is InChI=1S/C10H13NO.C3H8.V/c1-4-5-9-8(2)6-7-10(12)11(9)3;1-3-2;/h4-5H,1-2,6-7H2,3H3;3H2,1-2H3;/b9-5+;;. The van der Waals surface area contributed by atoms with Crippen molar-refractivity contribution in [3.8, 4) is 0 Å². The van der Waals surface area contributed by atoms with Crippen LogP contribution >= 0.6 is 0 Å². The number of rotatable bonds is 1. The Morgan fingerprint density at radius 2 is 1.88 bits per heavy atom. The zero-order valence-corrected chi connectivity index (χ0v) is 11.9. The predicted molar refractivity (Wildman–Crippen MR) is 65.4 cm³/mol. The molecular weight excluding hydrogens is 237 g/mol. The van der Waals surface area contributed by atoms with Gasteiger partial charge in [-0.15, -0.1) is 0 Å². The van der Waals surface area contributed by atoms with Crippen LogP contribution in [0.25, 0.3) is 0 Å². The van der Waals surface area contributed by atoms with E-state index in [0.717, 1.165) is 17.7 Å². The SMILES string of the molecule is C=C/C=C1\C(=C)CCC(=O)N1C.CCC.[V]. The zero-order valence-electron chi connectivity index (χ0n) is 10.5. The molecule has 2 nitrogen and oxygen atoms in total. The van der Waals surface area contributed by atoms with Crippen LogP contribution in [0.3, 0.4) is 0 Å².